The van der Waals surface area contributed by atoms with E-state index in [9.17, 15) is 4.79 Å². The molecule has 0 bridgehead atoms. The molecule has 0 radical (unpaired) electrons. The van der Waals surface area contributed by atoms with Crippen LogP contribution in [0.1, 0.15) is 21.5 Å². The molecule has 0 atom stereocenters. The summed E-state index contributed by atoms with van der Waals surface area (Å²) in [5.41, 5.74) is 12.0. The molecular weight excluding hydrogens is 282 g/mol. The van der Waals surface area contributed by atoms with Crippen LogP contribution in [0.25, 0.3) is 10.2 Å². The normalized spacial score (nSPS) is 10.7. The number of nitrogens with two attached hydrogens (primary N) is 1. The molecule has 3 N–H and O–H groups in total. The van der Waals surface area contributed by atoms with Gasteiger partial charge >= 0.3 is 0 Å². The van der Waals surface area contributed by atoms with Crippen LogP contribution in [0.5, 0.6) is 0 Å². The zero-order valence-corrected chi connectivity index (χ0v) is 12.4. The van der Waals surface area contributed by atoms with Crippen molar-refractivity contribution in [1.82, 2.24) is 4.98 Å². The van der Waals surface area contributed by atoms with Gasteiger partial charge in [0.1, 0.15) is 0 Å². The number of nitrogens with zero attached hydrogens (tertiary/aromatic N) is 1. The van der Waals surface area contributed by atoms with Gasteiger partial charge in [-0.1, -0.05) is 6.07 Å². The summed E-state index contributed by atoms with van der Waals surface area (Å²) in [6, 6.07) is 11.7. The van der Waals surface area contributed by atoms with Gasteiger partial charge in [-0.2, -0.15) is 0 Å². The van der Waals surface area contributed by atoms with Gasteiger partial charge in [0.25, 0.3) is 0 Å². The Balaban J connectivity index is 1.76. The van der Waals surface area contributed by atoms with Crippen LogP contribution in [-0.4, -0.2) is 10.9 Å². The Morgan fingerprint density at radius 3 is 2.90 bits per heavy atom. The lowest BCUT2D eigenvalue weighted by molar-refractivity contribution is 0.1000. The molecule has 3 aromatic rings. The SMILES string of the molecule is Cc1cc(C(N)=O)ccc1CNc1ccc2ncsc2c1. The van der Waals surface area contributed by atoms with Crippen molar-refractivity contribution in [1.29, 1.82) is 0 Å². The molecule has 3 rings (SSSR count). The quantitative estimate of drug-likeness (QED) is 0.776. The van der Waals surface area contributed by atoms with E-state index in [-0.39, 0.29) is 0 Å². The van der Waals surface area contributed by atoms with Gasteiger partial charge < -0.3 is 11.1 Å². The molecule has 21 heavy (non-hydrogen) atoms. The third-order valence-corrected chi connectivity index (χ3v) is 4.23. The van der Waals surface area contributed by atoms with Crippen molar-refractivity contribution in [3.63, 3.8) is 0 Å². The molecule has 2 aromatic carbocycles. The standard InChI is InChI=1S/C16H15N3OS/c1-10-6-11(16(17)20)2-3-12(10)8-18-13-4-5-14-15(7-13)21-9-19-14/h2-7,9,18H,8H2,1H3,(H2,17,20). The Morgan fingerprint density at radius 2 is 2.14 bits per heavy atom. The number of thiazole rings is 1. The van der Waals surface area contributed by atoms with Crippen molar-refractivity contribution in [2.75, 3.05) is 5.32 Å². The van der Waals surface area contributed by atoms with Crippen LogP contribution in [0.2, 0.25) is 0 Å². The number of benzene rings is 2. The number of hydrogen-bond donors (Lipinski definition) is 2. The summed E-state index contributed by atoms with van der Waals surface area (Å²) in [4.78, 5) is 15.4. The molecule has 0 saturated carbocycles. The van der Waals surface area contributed by atoms with E-state index in [0.717, 1.165) is 22.3 Å². The lowest BCUT2D eigenvalue weighted by Crippen LogP contribution is -2.11. The van der Waals surface area contributed by atoms with Gasteiger partial charge in [0, 0.05) is 17.8 Å². The monoisotopic (exact) mass is 297 g/mol. The molecular formula is C16H15N3OS. The zero-order valence-electron chi connectivity index (χ0n) is 11.6. The molecule has 1 heterocycles. The predicted octanol–water partition coefficient (Wildman–Crippen LogP) is 3.32. The first-order valence-electron chi connectivity index (χ1n) is 6.60. The maximum Gasteiger partial charge on any atom is 0.248 e. The fourth-order valence-electron chi connectivity index (χ4n) is 2.21. The molecule has 0 unspecified atom stereocenters. The number of carbonyl (C=O) groups excluding carboxylic acids is 1. The molecule has 1 aromatic heterocycles. The average molecular weight is 297 g/mol. The highest BCUT2D eigenvalue weighted by molar-refractivity contribution is 7.16. The summed E-state index contributed by atoms with van der Waals surface area (Å²) in [5, 5.41) is 3.40. The summed E-state index contributed by atoms with van der Waals surface area (Å²) >= 11 is 1.63. The van der Waals surface area contributed by atoms with Crippen LogP contribution in [0.3, 0.4) is 0 Å². The minimum absolute atomic E-state index is 0.395. The van der Waals surface area contributed by atoms with Crippen LogP contribution >= 0.6 is 11.3 Å². The molecule has 1 amide bonds. The highest BCUT2D eigenvalue weighted by Crippen LogP contribution is 2.22. The van der Waals surface area contributed by atoms with Gasteiger partial charge in [-0.15, -0.1) is 11.3 Å². The van der Waals surface area contributed by atoms with Crippen LogP contribution < -0.4 is 11.1 Å². The number of fused-ring (bicyclic) bond motifs is 1. The van der Waals surface area contributed by atoms with Crippen molar-refractivity contribution in [3.05, 3.63) is 58.6 Å². The minimum atomic E-state index is -0.395. The number of anilines is 1. The number of rotatable bonds is 4. The first kappa shape index (κ1) is 13.6. The highest BCUT2D eigenvalue weighted by atomic mass is 32.1. The number of nitrogens with one attached hydrogen (secondary N) is 1. The number of amides is 1. The van der Waals surface area contributed by atoms with Crippen molar-refractivity contribution in [2.24, 2.45) is 5.73 Å². The van der Waals surface area contributed by atoms with Gasteiger partial charge in [0.05, 0.1) is 15.7 Å². The van der Waals surface area contributed by atoms with Crippen LogP contribution in [0, 0.1) is 6.92 Å². The summed E-state index contributed by atoms with van der Waals surface area (Å²) in [7, 11) is 0. The van der Waals surface area contributed by atoms with E-state index >= 15 is 0 Å². The van der Waals surface area contributed by atoms with Gasteiger partial charge in [-0.05, 0) is 48.4 Å². The summed E-state index contributed by atoms with van der Waals surface area (Å²) in [5.74, 6) is -0.395. The molecule has 0 aliphatic heterocycles. The summed E-state index contributed by atoms with van der Waals surface area (Å²) in [6.07, 6.45) is 0. The Hall–Kier alpha value is -2.40. The topological polar surface area (TPSA) is 68.0 Å². The van der Waals surface area contributed by atoms with Gasteiger partial charge in [-0.3, -0.25) is 4.79 Å². The average Bonchev–Trinajstić information content (AvgIpc) is 2.93. The molecule has 0 fully saturated rings. The van der Waals surface area contributed by atoms with Crippen molar-refractivity contribution in [2.45, 2.75) is 13.5 Å². The molecule has 0 aliphatic rings. The molecule has 5 heteroatoms. The second-order valence-corrected chi connectivity index (χ2v) is 5.78. The van der Waals surface area contributed by atoms with E-state index in [1.165, 1.54) is 4.70 Å². The van der Waals surface area contributed by atoms with Crippen LogP contribution in [0.15, 0.2) is 41.9 Å². The fraction of sp³-hybridized carbons (Fsp3) is 0.125. The van der Waals surface area contributed by atoms with Gasteiger partial charge in [0.15, 0.2) is 0 Å². The maximum absolute atomic E-state index is 11.1. The largest absolute Gasteiger partial charge is 0.381 e. The minimum Gasteiger partial charge on any atom is -0.381 e. The van der Waals surface area contributed by atoms with Crippen LogP contribution in [0.4, 0.5) is 5.69 Å². The maximum atomic E-state index is 11.1. The lowest BCUT2D eigenvalue weighted by Gasteiger charge is -2.10. The van der Waals surface area contributed by atoms with E-state index in [0.29, 0.717) is 12.1 Å². The third-order valence-electron chi connectivity index (χ3n) is 3.44. The number of aromatic nitrogens is 1. The third kappa shape index (κ3) is 2.87. The number of carbonyl (C=O) groups is 1. The number of hydrogen-bond acceptors (Lipinski definition) is 4. The fourth-order valence-corrected chi connectivity index (χ4v) is 2.93. The lowest BCUT2D eigenvalue weighted by atomic mass is 10.0. The van der Waals surface area contributed by atoms with E-state index in [1.54, 1.807) is 17.4 Å². The first-order chi connectivity index (χ1) is 10.1. The van der Waals surface area contributed by atoms with Crippen molar-refractivity contribution >= 4 is 33.1 Å². The highest BCUT2D eigenvalue weighted by Gasteiger charge is 2.05. The number of aryl methyl sites for hydroxylation is 1. The second-order valence-electron chi connectivity index (χ2n) is 4.89. The van der Waals surface area contributed by atoms with Gasteiger partial charge in [0.2, 0.25) is 5.91 Å². The van der Waals surface area contributed by atoms with E-state index in [4.69, 9.17) is 5.73 Å². The Labute approximate surface area is 126 Å². The van der Waals surface area contributed by atoms with E-state index in [1.807, 2.05) is 36.7 Å². The summed E-state index contributed by atoms with van der Waals surface area (Å²) in [6.45, 7) is 2.69. The zero-order chi connectivity index (χ0) is 14.8. The smallest absolute Gasteiger partial charge is 0.248 e. The van der Waals surface area contributed by atoms with Crippen molar-refractivity contribution in [3.8, 4) is 0 Å². The number of primary amides is 1. The van der Waals surface area contributed by atoms with E-state index < -0.39 is 5.91 Å². The molecule has 0 spiro atoms. The van der Waals surface area contributed by atoms with E-state index in [2.05, 4.69) is 16.4 Å². The second kappa shape index (κ2) is 5.54. The Kier molecular flexibility index (Phi) is 3.58. The van der Waals surface area contributed by atoms with Gasteiger partial charge in [-0.25, -0.2) is 4.98 Å². The van der Waals surface area contributed by atoms with Crippen molar-refractivity contribution < 1.29 is 4.79 Å². The Bertz CT molecular complexity index is 810. The summed E-state index contributed by atoms with van der Waals surface area (Å²) < 4.78 is 1.17. The Morgan fingerprint density at radius 1 is 1.29 bits per heavy atom. The molecule has 0 aliphatic carbocycles. The molecule has 106 valence electrons. The van der Waals surface area contributed by atoms with Crippen LogP contribution in [-0.2, 0) is 6.54 Å². The predicted molar refractivity (Wildman–Crippen MR) is 86.6 cm³/mol. The molecule has 4 nitrogen and oxygen atoms in total. The first-order valence-corrected chi connectivity index (χ1v) is 7.48. The molecule has 0 saturated heterocycles.